The van der Waals surface area contributed by atoms with E-state index in [-0.39, 0.29) is 12.6 Å². The lowest BCUT2D eigenvalue weighted by Crippen LogP contribution is -2.42. The molecule has 136 valence electrons. The maximum Gasteiger partial charge on any atom is 0.223 e. The Hall–Kier alpha value is -1.33. The second-order valence-electron chi connectivity index (χ2n) is 5.75. The van der Waals surface area contributed by atoms with Gasteiger partial charge in [0.1, 0.15) is 10.7 Å². The SMILES string of the molecule is CS(=O)(=O)N1CCC(Nc2ncc(Cl)c(-c3cnc(CO)s3)n2)CC1. The van der Waals surface area contributed by atoms with Gasteiger partial charge in [-0.15, -0.1) is 11.3 Å². The average Bonchev–Trinajstić information content (AvgIpc) is 3.05. The van der Waals surface area contributed by atoms with Crippen molar-refractivity contribution in [3.05, 3.63) is 22.4 Å². The van der Waals surface area contributed by atoms with Gasteiger partial charge in [0.2, 0.25) is 16.0 Å². The fourth-order valence-electron chi connectivity index (χ4n) is 2.62. The molecule has 1 aliphatic rings. The van der Waals surface area contributed by atoms with Crippen molar-refractivity contribution in [2.45, 2.75) is 25.5 Å². The number of aliphatic hydroxyl groups excluding tert-OH is 1. The van der Waals surface area contributed by atoms with Gasteiger partial charge in [0.15, 0.2) is 0 Å². The lowest BCUT2D eigenvalue weighted by molar-refractivity contribution is 0.281. The van der Waals surface area contributed by atoms with Gasteiger partial charge in [0, 0.05) is 25.3 Å². The summed E-state index contributed by atoms with van der Waals surface area (Å²) >= 11 is 7.51. The Morgan fingerprint density at radius 3 is 2.68 bits per heavy atom. The smallest absolute Gasteiger partial charge is 0.223 e. The molecule has 0 unspecified atom stereocenters. The highest BCUT2D eigenvalue weighted by Gasteiger charge is 2.25. The predicted octanol–water partition coefficient (Wildman–Crippen LogP) is 1.58. The third kappa shape index (κ3) is 4.45. The first-order valence-corrected chi connectivity index (χ1v) is 10.7. The van der Waals surface area contributed by atoms with E-state index in [9.17, 15) is 8.42 Å². The van der Waals surface area contributed by atoms with E-state index in [1.165, 1.54) is 28.1 Å². The van der Waals surface area contributed by atoms with Gasteiger partial charge in [-0.3, -0.25) is 0 Å². The van der Waals surface area contributed by atoms with Gasteiger partial charge in [0.05, 0.1) is 29.0 Å². The van der Waals surface area contributed by atoms with Gasteiger partial charge in [-0.1, -0.05) is 11.6 Å². The van der Waals surface area contributed by atoms with Crippen molar-refractivity contribution in [1.29, 1.82) is 0 Å². The molecule has 0 spiro atoms. The average molecular weight is 404 g/mol. The number of nitrogens with zero attached hydrogens (tertiary/aromatic N) is 4. The largest absolute Gasteiger partial charge is 0.389 e. The van der Waals surface area contributed by atoms with E-state index >= 15 is 0 Å². The summed E-state index contributed by atoms with van der Waals surface area (Å²) in [5, 5.41) is 13.4. The van der Waals surface area contributed by atoms with E-state index in [1.54, 1.807) is 6.20 Å². The van der Waals surface area contributed by atoms with E-state index in [1.807, 2.05) is 0 Å². The lowest BCUT2D eigenvalue weighted by atomic mass is 10.1. The number of hydrogen-bond acceptors (Lipinski definition) is 8. The Morgan fingerprint density at radius 2 is 2.08 bits per heavy atom. The molecule has 1 aliphatic heterocycles. The van der Waals surface area contributed by atoms with Crippen LogP contribution in [0, 0.1) is 0 Å². The Morgan fingerprint density at radius 1 is 1.36 bits per heavy atom. The summed E-state index contributed by atoms with van der Waals surface area (Å²) in [4.78, 5) is 13.5. The highest BCUT2D eigenvalue weighted by Crippen LogP contribution is 2.31. The molecule has 0 aliphatic carbocycles. The summed E-state index contributed by atoms with van der Waals surface area (Å²) in [6.07, 6.45) is 5.74. The Labute approximate surface area is 155 Å². The molecule has 1 fully saturated rings. The fourth-order valence-corrected chi connectivity index (χ4v) is 4.52. The van der Waals surface area contributed by atoms with Crippen LogP contribution >= 0.6 is 22.9 Å². The minimum Gasteiger partial charge on any atom is -0.389 e. The van der Waals surface area contributed by atoms with E-state index in [2.05, 4.69) is 20.3 Å². The molecule has 0 saturated carbocycles. The molecule has 2 aromatic rings. The summed E-state index contributed by atoms with van der Waals surface area (Å²) in [5.41, 5.74) is 0.560. The molecular formula is C14H18ClN5O3S2. The molecule has 25 heavy (non-hydrogen) atoms. The van der Waals surface area contributed by atoms with Crippen LogP contribution in [-0.2, 0) is 16.6 Å². The van der Waals surface area contributed by atoms with Crippen LogP contribution in [0.4, 0.5) is 5.95 Å². The molecule has 2 aromatic heterocycles. The first kappa shape index (κ1) is 18.5. The molecular weight excluding hydrogens is 386 g/mol. The summed E-state index contributed by atoms with van der Waals surface area (Å²) in [7, 11) is -3.14. The normalized spacial score (nSPS) is 16.9. The van der Waals surface area contributed by atoms with Crippen LogP contribution < -0.4 is 5.32 Å². The summed E-state index contributed by atoms with van der Waals surface area (Å²) in [6, 6.07) is 0.0986. The minimum atomic E-state index is -3.14. The second-order valence-corrected chi connectivity index (χ2v) is 9.25. The van der Waals surface area contributed by atoms with E-state index in [4.69, 9.17) is 16.7 Å². The van der Waals surface area contributed by atoms with Crippen molar-refractivity contribution in [3.8, 4) is 10.6 Å². The molecule has 11 heteroatoms. The zero-order chi connectivity index (χ0) is 18.0. The summed E-state index contributed by atoms with van der Waals surface area (Å²) in [6.45, 7) is 0.828. The standard InChI is InChI=1S/C14H18ClN5O3S2/c1-25(22,23)20-4-2-9(3-5-20)18-14-17-6-10(15)13(19-14)11-7-16-12(8-21)24-11/h6-7,9,21H,2-5,8H2,1H3,(H,17,18,19). The molecule has 0 bridgehead atoms. The number of aliphatic hydroxyl groups is 1. The third-order valence-corrected chi connectivity index (χ3v) is 6.49. The lowest BCUT2D eigenvalue weighted by Gasteiger charge is -2.30. The molecule has 0 atom stereocenters. The number of aromatic nitrogens is 3. The molecule has 3 rings (SSSR count). The number of hydrogen-bond donors (Lipinski definition) is 2. The number of halogens is 1. The van der Waals surface area contributed by atoms with Crippen molar-refractivity contribution in [2.24, 2.45) is 0 Å². The van der Waals surface area contributed by atoms with Gasteiger partial charge in [-0.05, 0) is 12.8 Å². The molecule has 1 saturated heterocycles. The zero-order valence-electron chi connectivity index (χ0n) is 13.5. The van der Waals surface area contributed by atoms with Crippen LogP contribution in [0.15, 0.2) is 12.4 Å². The first-order chi connectivity index (χ1) is 11.9. The minimum absolute atomic E-state index is 0.0986. The molecule has 3 heterocycles. The molecule has 0 amide bonds. The van der Waals surface area contributed by atoms with Crippen molar-refractivity contribution in [1.82, 2.24) is 19.3 Å². The van der Waals surface area contributed by atoms with Crippen LogP contribution in [0.25, 0.3) is 10.6 Å². The highest BCUT2D eigenvalue weighted by atomic mass is 35.5. The van der Waals surface area contributed by atoms with Crippen molar-refractivity contribution in [3.63, 3.8) is 0 Å². The molecule has 2 N–H and O–H groups in total. The van der Waals surface area contributed by atoms with Gasteiger partial charge in [-0.25, -0.2) is 27.7 Å². The number of anilines is 1. The maximum atomic E-state index is 11.6. The Balaban J connectivity index is 1.71. The van der Waals surface area contributed by atoms with Gasteiger partial charge < -0.3 is 10.4 Å². The number of nitrogens with one attached hydrogen (secondary N) is 1. The monoisotopic (exact) mass is 403 g/mol. The van der Waals surface area contributed by atoms with Crippen LogP contribution in [0.3, 0.4) is 0 Å². The summed E-state index contributed by atoms with van der Waals surface area (Å²) < 4.78 is 24.6. The Kier molecular flexibility index (Phi) is 5.54. The Bertz CT molecular complexity index is 850. The van der Waals surface area contributed by atoms with Gasteiger partial charge in [-0.2, -0.15) is 0 Å². The number of thiazole rings is 1. The molecule has 0 radical (unpaired) electrons. The van der Waals surface area contributed by atoms with E-state index < -0.39 is 10.0 Å². The molecule has 8 nitrogen and oxygen atoms in total. The van der Waals surface area contributed by atoms with Crippen molar-refractivity contribution < 1.29 is 13.5 Å². The highest BCUT2D eigenvalue weighted by molar-refractivity contribution is 7.88. The van der Waals surface area contributed by atoms with Crippen LogP contribution in [0.5, 0.6) is 0 Å². The van der Waals surface area contributed by atoms with Crippen LogP contribution in [-0.4, -0.2) is 58.2 Å². The fraction of sp³-hybridized carbons (Fsp3) is 0.500. The number of sulfonamides is 1. The van der Waals surface area contributed by atoms with Gasteiger partial charge in [0.25, 0.3) is 0 Å². The van der Waals surface area contributed by atoms with Crippen molar-refractivity contribution in [2.75, 3.05) is 24.7 Å². The van der Waals surface area contributed by atoms with Crippen molar-refractivity contribution >= 4 is 38.9 Å². The summed E-state index contributed by atoms with van der Waals surface area (Å²) in [5.74, 6) is 0.441. The van der Waals surface area contributed by atoms with Gasteiger partial charge >= 0.3 is 0 Å². The quantitative estimate of drug-likeness (QED) is 0.780. The number of rotatable bonds is 5. The third-order valence-electron chi connectivity index (χ3n) is 3.92. The maximum absolute atomic E-state index is 11.6. The predicted molar refractivity (Wildman–Crippen MR) is 97.1 cm³/mol. The topological polar surface area (TPSA) is 108 Å². The first-order valence-electron chi connectivity index (χ1n) is 7.67. The molecule has 0 aromatic carbocycles. The number of piperidine rings is 1. The van der Waals surface area contributed by atoms with E-state index in [0.717, 1.165) is 4.88 Å². The second kappa shape index (κ2) is 7.50. The van der Waals surface area contributed by atoms with E-state index in [0.29, 0.717) is 47.6 Å². The van der Waals surface area contributed by atoms with Crippen LogP contribution in [0.1, 0.15) is 17.8 Å². The van der Waals surface area contributed by atoms with Crippen LogP contribution in [0.2, 0.25) is 5.02 Å². The zero-order valence-corrected chi connectivity index (χ0v) is 15.9.